The summed E-state index contributed by atoms with van der Waals surface area (Å²) < 4.78 is 4.98. The zero-order chi connectivity index (χ0) is 39.7. The second-order valence-corrected chi connectivity index (χ2v) is 21.5. The topological polar surface area (TPSA) is 9.86 Å². The van der Waals surface area contributed by atoms with Gasteiger partial charge < -0.3 is 9.13 Å². The van der Waals surface area contributed by atoms with Crippen molar-refractivity contribution in [3.05, 3.63) is 143 Å². The lowest BCUT2D eigenvalue weighted by molar-refractivity contribution is 0.590. The van der Waals surface area contributed by atoms with Gasteiger partial charge in [0.1, 0.15) is 0 Å². The second kappa shape index (κ2) is 12.4. The quantitative estimate of drug-likeness (QED) is 0.171. The largest absolute Gasteiger partial charge is 0.309 e. The third kappa shape index (κ3) is 6.09. The van der Waals surface area contributed by atoms with Crippen LogP contribution in [0.1, 0.15) is 116 Å². The molecule has 9 rings (SSSR count). The van der Waals surface area contributed by atoms with Crippen LogP contribution in [0.5, 0.6) is 0 Å². The molecule has 0 saturated heterocycles. The molecule has 0 aliphatic carbocycles. The molecule has 284 valence electrons. The van der Waals surface area contributed by atoms with Gasteiger partial charge in [-0.05, 0) is 134 Å². The molecule has 0 fully saturated rings. The molecular weight excluding hydrogens is 697 g/mol. The normalized spacial score (nSPS) is 13.9. The first kappa shape index (κ1) is 36.9. The Kier molecular flexibility index (Phi) is 8.16. The molecule has 3 heteroatoms. The summed E-state index contributed by atoms with van der Waals surface area (Å²) in [6, 6.07) is 42.7. The summed E-state index contributed by atoms with van der Waals surface area (Å²) in [5.41, 5.74) is 16.0. The Morgan fingerprint density at radius 1 is 0.357 bits per heavy atom. The number of hydrogen-bond acceptors (Lipinski definition) is 1. The Labute approximate surface area is 337 Å². The molecule has 1 aliphatic heterocycles. The molecular formula is C53H56N2S. The van der Waals surface area contributed by atoms with E-state index >= 15 is 0 Å². The van der Waals surface area contributed by atoms with Gasteiger partial charge in [0.2, 0.25) is 0 Å². The van der Waals surface area contributed by atoms with Gasteiger partial charge in [-0.1, -0.05) is 131 Å². The number of benzene rings is 6. The number of hydrogen-bond donors (Lipinski definition) is 0. The molecule has 0 amide bonds. The Bertz CT molecular complexity index is 2540. The van der Waals surface area contributed by atoms with Crippen molar-refractivity contribution >= 4 is 55.4 Å². The molecule has 3 heterocycles. The average molecular weight is 753 g/mol. The minimum absolute atomic E-state index is 0.0723. The first-order valence-corrected chi connectivity index (χ1v) is 21.2. The van der Waals surface area contributed by atoms with Crippen LogP contribution in [0.2, 0.25) is 0 Å². The maximum atomic E-state index is 2.49. The second-order valence-electron chi connectivity index (χ2n) is 20.5. The van der Waals surface area contributed by atoms with Crippen LogP contribution in [0.4, 0.5) is 0 Å². The summed E-state index contributed by atoms with van der Waals surface area (Å²) in [6.45, 7) is 27.7. The Balaban J connectivity index is 1.17. The Morgan fingerprint density at radius 3 is 0.911 bits per heavy atom. The molecule has 0 N–H and O–H groups in total. The summed E-state index contributed by atoms with van der Waals surface area (Å²) in [5, 5.41) is 5.31. The van der Waals surface area contributed by atoms with E-state index in [1.165, 1.54) is 98.2 Å². The summed E-state index contributed by atoms with van der Waals surface area (Å²) in [5.74, 6) is 0. The van der Waals surface area contributed by atoms with Crippen LogP contribution in [0.3, 0.4) is 0 Å². The fraction of sp³-hybridized carbons (Fsp3) is 0.321. The first-order valence-electron chi connectivity index (χ1n) is 20.4. The van der Waals surface area contributed by atoms with E-state index < -0.39 is 0 Å². The van der Waals surface area contributed by atoms with E-state index in [9.17, 15) is 0 Å². The van der Waals surface area contributed by atoms with Crippen molar-refractivity contribution in [1.29, 1.82) is 0 Å². The zero-order valence-electron chi connectivity index (χ0n) is 35.4. The van der Waals surface area contributed by atoms with Crippen molar-refractivity contribution in [2.24, 2.45) is 0 Å². The van der Waals surface area contributed by atoms with E-state index in [0.29, 0.717) is 0 Å². The lowest BCUT2D eigenvalue weighted by atomic mass is 9.85. The van der Waals surface area contributed by atoms with Crippen LogP contribution in [0.25, 0.3) is 55.0 Å². The van der Waals surface area contributed by atoms with Gasteiger partial charge in [0.15, 0.2) is 0 Å². The lowest BCUT2D eigenvalue weighted by Gasteiger charge is -2.22. The van der Waals surface area contributed by atoms with Crippen LogP contribution in [0, 0.1) is 0 Å². The highest BCUT2D eigenvalue weighted by molar-refractivity contribution is 7.99. The molecule has 0 radical (unpaired) electrons. The van der Waals surface area contributed by atoms with E-state index in [4.69, 9.17) is 0 Å². The van der Waals surface area contributed by atoms with E-state index in [0.717, 1.165) is 6.42 Å². The summed E-state index contributed by atoms with van der Waals surface area (Å²) >= 11 is 1.92. The summed E-state index contributed by atoms with van der Waals surface area (Å²) in [6.07, 6.45) is 0.937. The number of aromatic nitrogens is 2. The summed E-state index contributed by atoms with van der Waals surface area (Å²) in [4.78, 5) is 2.68. The maximum absolute atomic E-state index is 2.49. The molecule has 2 nitrogen and oxygen atoms in total. The Morgan fingerprint density at radius 2 is 0.643 bits per heavy atom. The number of fused-ring (bicyclic) bond motifs is 8. The van der Waals surface area contributed by atoms with Gasteiger partial charge in [-0.25, -0.2) is 0 Å². The summed E-state index contributed by atoms with van der Waals surface area (Å²) in [7, 11) is 0. The smallest absolute Gasteiger partial charge is 0.0541 e. The molecule has 8 aromatic rings. The van der Waals surface area contributed by atoms with Crippen LogP contribution in [-0.4, -0.2) is 9.13 Å². The molecule has 0 saturated carbocycles. The predicted molar refractivity (Wildman–Crippen MR) is 243 cm³/mol. The number of nitrogens with zero attached hydrogens (tertiary/aromatic N) is 2. The SMILES string of the molecule is CC(C)(C)c1ccc2c(c1)c1cc(C(C)(C)C)ccc1n2-c1ccc2c(c1)Sc1cc(-n3c4ccc(C(C)(C)C)cc4c4cc(C(C)(C)C)ccc43)ccc1C2. The lowest BCUT2D eigenvalue weighted by Crippen LogP contribution is -2.10. The monoisotopic (exact) mass is 752 g/mol. The fourth-order valence-electron chi connectivity index (χ4n) is 8.64. The molecule has 1 aliphatic rings. The van der Waals surface area contributed by atoms with E-state index in [-0.39, 0.29) is 21.7 Å². The van der Waals surface area contributed by atoms with Gasteiger partial charge in [-0.15, -0.1) is 0 Å². The molecule has 0 atom stereocenters. The third-order valence-corrected chi connectivity index (χ3v) is 13.4. The van der Waals surface area contributed by atoms with Crippen LogP contribution in [0.15, 0.2) is 119 Å². The van der Waals surface area contributed by atoms with Gasteiger partial charge in [-0.3, -0.25) is 0 Å². The first-order chi connectivity index (χ1) is 26.3. The average Bonchev–Trinajstić information content (AvgIpc) is 3.63. The maximum Gasteiger partial charge on any atom is 0.0541 e. The number of rotatable bonds is 2. The predicted octanol–water partition coefficient (Wildman–Crippen LogP) is 15.1. The van der Waals surface area contributed by atoms with Gasteiger partial charge in [0.25, 0.3) is 0 Å². The van der Waals surface area contributed by atoms with Crippen molar-refractivity contribution in [3.63, 3.8) is 0 Å². The van der Waals surface area contributed by atoms with Crippen LogP contribution < -0.4 is 0 Å². The van der Waals surface area contributed by atoms with Gasteiger partial charge in [-0.2, -0.15) is 0 Å². The molecule has 2 aromatic heterocycles. The third-order valence-electron chi connectivity index (χ3n) is 12.2. The molecule has 56 heavy (non-hydrogen) atoms. The van der Waals surface area contributed by atoms with E-state index in [2.05, 4.69) is 201 Å². The van der Waals surface area contributed by atoms with E-state index in [1.807, 2.05) is 11.8 Å². The van der Waals surface area contributed by atoms with Crippen LogP contribution >= 0.6 is 11.8 Å². The van der Waals surface area contributed by atoms with Crippen molar-refractivity contribution < 1.29 is 0 Å². The molecule has 6 aromatic carbocycles. The highest BCUT2D eigenvalue weighted by Gasteiger charge is 2.25. The van der Waals surface area contributed by atoms with Crippen molar-refractivity contribution in [2.45, 2.75) is 121 Å². The zero-order valence-corrected chi connectivity index (χ0v) is 36.2. The highest BCUT2D eigenvalue weighted by atomic mass is 32.2. The van der Waals surface area contributed by atoms with Crippen molar-refractivity contribution in [3.8, 4) is 11.4 Å². The van der Waals surface area contributed by atoms with Gasteiger partial charge in [0.05, 0.1) is 22.1 Å². The Hall–Kier alpha value is -4.73. The van der Waals surface area contributed by atoms with Crippen molar-refractivity contribution in [2.75, 3.05) is 0 Å². The standard InChI is InChI=1S/C53H56N2S/c1-50(2,3)34-15-21-44-40(26-34)41-27-35(51(4,5)6)16-22-45(41)54(44)38-19-13-32-25-33-14-20-39(31-49(33)56-48(32)30-38)55-46-23-17-36(52(7,8)9)28-42(46)43-29-37(53(10,11)12)18-24-47(43)55/h13-24,26-31H,25H2,1-12H3. The fourth-order valence-corrected chi connectivity index (χ4v) is 9.78. The highest BCUT2D eigenvalue weighted by Crippen LogP contribution is 2.45. The molecule has 0 spiro atoms. The molecule has 0 unspecified atom stereocenters. The minimum atomic E-state index is 0.0723. The van der Waals surface area contributed by atoms with Gasteiger partial charge in [0, 0.05) is 42.7 Å². The van der Waals surface area contributed by atoms with Crippen molar-refractivity contribution in [1.82, 2.24) is 9.13 Å². The van der Waals surface area contributed by atoms with E-state index in [1.54, 1.807) is 0 Å². The van der Waals surface area contributed by atoms with Crippen LogP contribution in [-0.2, 0) is 28.1 Å². The molecule has 0 bridgehead atoms. The van der Waals surface area contributed by atoms with Gasteiger partial charge >= 0.3 is 0 Å². The minimum Gasteiger partial charge on any atom is -0.309 e.